The van der Waals surface area contributed by atoms with E-state index in [9.17, 15) is 4.79 Å². The number of nitrogens with one attached hydrogen (secondary N) is 2. The van der Waals surface area contributed by atoms with Crippen LogP contribution in [0.3, 0.4) is 0 Å². The van der Waals surface area contributed by atoms with E-state index in [0.29, 0.717) is 18.5 Å². The standard InChI is InChI=1S/C14H22N4O2/c1-4-14(5-2,12(15)18-20)17-13(19)16-11-8-6-7-10(3)9-11/h6-9,20H,4-5H2,1-3H3,(H2,15,18)(H2,16,17,19). The van der Waals surface area contributed by atoms with Crippen LogP contribution in [0, 0.1) is 6.92 Å². The minimum atomic E-state index is -0.845. The van der Waals surface area contributed by atoms with E-state index in [4.69, 9.17) is 10.9 Å². The van der Waals surface area contributed by atoms with Crippen LogP contribution < -0.4 is 16.4 Å². The van der Waals surface area contributed by atoms with Crippen LogP contribution in [0.15, 0.2) is 29.4 Å². The van der Waals surface area contributed by atoms with Crippen LogP contribution in [-0.4, -0.2) is 22.6 Å². The Hall–Kier alpha value is -2.24. The van der Waals surface area contributed by atoms with Crippen molar-refractivity contribution >= 4 is 17.6 Å². The Morgan fingerprint density at radius 3 is 2.55 bits per heavy atom. The topological polar surface area (TPSA) is 99.7 Å². The summed E-state index contributed by atoms with van der Waals surface area (Å²) in [4.78, 5) is 12.1. The van der Waals surface area contributed by atoms with Crippen molar-refractivity contribution in [1.82, 2.24) is 5.32 Å². The summed E-state index contributed by atoms with van der Waals surface area (Å²) in [5.41, 5.74) is 6.60. The molecule has 0 radical (unpaired) electrons. The fourth-order valence-corrected chi connectivity index (χ4v) is 2.05. The van der Waals surface area contributed by atoms with E-state index >= 15 is 0 Å². The number of oxime groups is 1. The van der Waals surface area contributed by atoms with E-state index in [-0.39, 0.29) is 11.9 Å². The third-order valence-electron chi connectivity index (χ3n) is 3.43. The number of amides is 2. The van der Waals surface area contributed by atoms with Crippen molar-refractivity contribution in [1.29, 1.82) is 0 Å². The van der Waals surface area contributed by atoms with E-state index in [1.807, 2.05) is 39.0 Å². The largest absolute Gasteiger partial charge is 0.409 e. The molecule has 0 saturated carbocycles. The van der Waals surface area contributed by atoms with Gasteiger partial charge in [0.15, 0.2) is 5.84 Å². The number of hydrogen-bond acceptors (Lipinski definition) is 3. The molecule has 0 unspecified atom stereocenters. The van der Waals surface area contributed by atoms with Crippen molar-refractivity contribution in [3.8, 4) is 0 Å². The quantitative estimate of drug-likeness (QED) is 0.288. The van der Waals surface area contributed by atoms with Gasteiger partial charge in [-0.1, -0.05) is 31.1 Å². The zero-order valence-electron chi connectivity index (χ0n) is 12.1. The molecule has 1 rings (SSSR count). The molecule has 0 fully saturated rings. The molecular weight excluding hydrogens is 256 g/mol. The summed E-state index contributed by atoms with van der Waals surface area (Å²) in [7, 11) is 0. The summed E-state index contributed by atoms with van der Waals surface area (Å²) in [5.74, 6) is 0.00175. The molecule has 6 heteroatoms. The molecule has 2 amide bonds. The smallest absolute Gasteiger partial charge is 0.320 e. The second kappa shape index (κ2) is 6.79. The molecule has 20 heavy (non-hydrogen) atoms. The van der Waals surface area contributed by atoms with Gasteiger partial charge in [0.25, 0.3) is 0 Å². The average molecular weight is 278 g/mol. The number of benzene rings is 1. The first-order valence-electron chi connectivity index (χ1n) is 6.61. The van der Waals surface area contributed by atoms with Gasteiger partial charge in [-0.05, 0) is 37.5 Å². The van der Waals surface area contributed by atoms with Gasteiger partial charge in [-0.2, -0.15) is 0 Å². The highest BCUT2D eigenvalue weighted by molar-refractivity contribution is 5.97. The number of urea groups is 1. The highest BCUT2D eigenvalue weighted by Gasteiger charge is 2.33. The number of anilines is 1. The Kier molecular flexibility index (Phi) is 5.37. The fourth-order valence-electron chi connectivity index (χ4n) is 2.05. The number of carbonyl (C=O) groups is 1. The third-order valence-corrected chi connectivity index (χ3v) is 3.43. The van der Waals surface area contributed by atoms with Gasteiger partial charge >= 0.3 is 6.03 Å². The van der Waals surface area contributed by atoms with Gasteiger partial charge < -0.3 is 21.6 Å². The SMILES string of the molecule is CCC(CC)(NC(=O)Nc1cccc(C)c1)/C(N)=N/O. The second-order valence-electron chi connectivity index (χ2n) is 4.72. The molecule has 0 heterocycles. The number of aryl methyl sites for hydroxylation is 1. The molecule has 0 aromatic heterocycles. The highest BCUT2D eigenvalue weighted by atomic mass is 16.4. The van der Waals surface area contributed by atoms with Gasteiger partial charge in [0, 0.05) is 5.69 Å². The molecule has 0 aliphatic rings. The van der Waals surface area contributed by atoms with E-state index in [1.165, 1.54) is 0 Å². The van der Waals surface area contributed by atoms with Crippen LogP contribution in [0.25, 0.3) is 0 Å². The second-order valence-corrected chi connectivity index (χ2v) is 4.72. The minimum Gasteiger partial charge on any atom is -0.409 e. The molecule has 0 bridgehead atoms. The molecule has 6 nitrogen and oxygen atoms in total. The van der Waals surface area contributed by atoms with Crippen molar-refractivity contribution in [2.45, 2.75) is 39.2 Å². The zero-order valence-corrected chi connectivity index (χ0v) is 12.1. The van der Waals surface area contributed by atoms with Crippen LogP contribution in [0.1, 0.15) is 32.3 Å². The highest BCUT2D eigenvalue weighted by Crippen LogP contribution is 2.16. The number of rotatable bonds is 5. The predicted molar refractivity (Wildman–Crippen MR) is 80.1 cm³/mol. The van der Waals surface area contributed by atoms with Crippen LogP contribution >= 0.6 is 0 Å². The summed E-state index contributed by atoms with van der Waals surface area (Å²) >= 11 is 0. The lowest BCUT2D eigenvalue weighted by Gasteiger charge is -2.31. The Morgan fingerprint density at radius 2 is 2.05 bits per heavy atom. The summed E-state index contributed by atoms with van der Waals surface area (Å²) < 4.78 is 0. The summed E-state index contributed by atoms with van der Waals surface area (Å²) in [6.45, 7) is 5.69. The van der Waals surface area contributed by atoms with Crippen molar-refractivity contribution in [3.05, 3.63) is 29.8 Å². The lowest BCUT2D eigenvalue weighted by molar-refractivity contribution is 0.241. The number of hydrogen-bond donors (Lipinski definition) is 4. The van der Waals surface area contributed by atoms with Gasteiger partial charge in [-0.3, -0.25) is 0 Å². The Labute approximate surface area is 119 Å². The maximum absolute atomic E-state index is 12.1. The molecule has 0 aliphatic heterocycles. The maximum Gasteiger partial charge on any atom is 0.320 e. The molecule has 1 aromatic carbocycles. The van der Waals surface area contributed by atoms with Crippen molar-refractivity contribution < 1.29 is 10.0 Å². The van der Waals surface area contributed by atoms with E-state index in [0.717, 1.165) is 5.56 Å². The van der Waals surface area contributed by atoms with Gasteiger partial charge in [0.2, 0.25) is 0 Å². The van der Waals surface area contributed by atoms with Crippen LogP contribution in [0.4, 0.5) is 10.5 Å². The molecular formula is C14H22N4O2. The van der Waals surface area contributed by atoms with Crippen molar-refractivity contribution in [2.75, 3.05) is 5.32 Å². The average Bonchev–Trinajstić information content (AvgIpc) is 2.44. The molecule has 0 spiro atoms. The molecule has 5 N–H and O–H groups in total. The normalized spacial score (nSPS) is 12.1. The van der Waals surface area contributed by atoms with Crippen molar-refractivity contribution in [2.24, 2.45) is 10.9 Å². The Bertz CT molecular complexity index is 496. The van der Waals surface area contributed by atoms with Crippen LogP contribution in [0.5, 0.6) is 0 Å². The van der Waals surface area contributed by atoms with Gasteiger partial charge in [-0.25, -0.2) is 4.79 Å². The predicted octanol–water partition coefficient (Wildman–Crippen LogP) is 2.42. The van der Waals surface area contributed by atoms with Crippen LogP contribution in [0.2, 0.25) is 0 Å². The number of carbonyl (C=O) groups excluding carboxylic acids is 1. The zero-order chi connectivity index (χ0) is 15.2. The number of nitrogens with zero attached hydrogens (tertiary/aromatic N) is 1. The number of nitrogens with two attached hydrogens (primary N) is 1. The summed E-state index contributed by atoms with van der Waals surface area (Å²) in [6.07, 6.45) is 1.06. The van der Waals surface area contributed by atoms with Gasteiger partial charge in [-0.15, -0.1) is 0 Å². The van der Waals surface area contributed by atoms with Gasteiger partial charge in [0.1, 0.15) is 5.54 Å². The molecule has 0 atom stereocenters. The van der Waals surface area contributed by atoms with Gasteiger partial charge in [0.05, 0.1) is 0 Å². The van der Waals surface area contributed by atoms with E-state index in [2.05, 4.69) is 15.8 Å². The molecule has 0 aliphatic carbocycles. The third kappa shape index (κ3) is 3.63. The number of amidine groups is 1. The first kappa shape index (κ1) is 15.8. The minimum absolute atomic E-state index is 0.00175. The molecule has 1 aromatic rings. The first-order chi connectivity index (χ1) is 9.47. The maximum atomic E-state index is 12.1. The Balaban J connectivity index is 2.82. The summed E-state index contributed by atoms with van der Waals surface area (Å²) in [5, 5.41) is 17.4. The lowest BCUT2D eigenvalue weighted by atomic mass is 9.91. The van der Waals surface area contributed by atoms with Crippen molar-refractivity contribution in [3.63, 3.8) is 0 Å². The molecule has 0 saturated heterocycles. The summed E-state index contributed by atoms with van der Waals surface area (Å²) in [6, 6.07) is 7.09. The molecule has 110 valence electrons. The van der Waals surface area contributed by atoms with E-state index in [1.54, 1.807) is 6.07 Å². The van der Waals surface area contributed by atoms with Crippen LogP contribution in [-0.2, 0) is 0 Å². The lowest BCUT2D eigenvalue weighted by Crippen LogP contribution is -2.57. The van der Waals surface area contributed by atoms with E-state index < -0.39 is 5.54 Å². The Morgan fingerprint density at radius 1 is 1.40 bits per heavy atom. The fraction of sp³-hybridized carbons (Fsp3) is 0.429. The monoisotopic (exact) mass is 278 g/mol. The first-order valence-corrected chi connectivity index (χ1v) is 6.61.